The molecule has 1 aromatic heterocycles. The summed E-state index contributed by atoms with van der Waals surface area (Å²) < 4.78 is 4.94. The molecule has 5 heteroatoms. The SMILES string of the molecule is CCCCOC(=O)NCc1ncccc1S. The molecule has 0 saturated carbocycles. The molecule has 1 amide bonds. The van der Waals surface area contributed by atoms with Gasteiger partial charge in [-0.1, -0.05) is 13.3 Å². The molecule has 16 heavy (non-hydrogen) atoms. The molecule has 0 aliphatic carbocycles. The van der Waals surface area contributed by atoms with E-state index in [1.807, 2.05) is 13.0 Å². The molecule has 0 fully saturated rings. The van der Waals surface area contributed by atoms with Crippen LogP contribution in [0, 0.1) is 0 Å². The molecule has 4 nitrogen and oxygen atoms in total. The summed E-state index contributed by atoms with van der Waals surface area (Å²) >= 11 is 4.23. The van der Waals surface area contributed by atoms with Crippen molar-refractivity contribution in [1.82, 2.24) is 10.3 Å². The Hall–Kier alpha value is -1.23. The Bertz CT molecular complexity index is 345. The standard InChI is InChI=1S/C11H16N2O2S/c1-2-3-7-15-11(14)13-8-9-10(16)5-4-6-12-9/h4-6,16H,2-3,7-8H2,1H3,(H,13,14). The number of unbranched alkanes of at least 4 members (excludes halogenated alkanes) is 1. The second-order valence-electron chi connectivity index (χ2n) is 3.31. The van der Waals surface area contributed by atoms with Crippen molar-refractivity contribution < 1.29 is 9.53 Å². The third-order valence-electron chi connectivity index (χ3n) is 2.00. The lowest BCUT2D eigenvalue weighted by Gasteiger charge is -2.07. The van der Waals surface area contributed by atoms with E-state index in [0.29, 0.717) is 13.2 Å². The topological polar surface area (TPSA) is 51.2 Å². The lowest BCUT2D eigenvalue weighted by Crippen LogP contribution is -2.24. The molecular formula is C11H16N2O2S. The first-order valence-electron chi connectivity index (χ1n) is 5.27. The van der Waals surface area contributed by atoms with E-state index in [2.05, 4.69) is 22.9 Å². The van der Waals surface area contributed by atoms with Crippen LogP contribution in [0.1, 0.15) is 25.5 Å². The van der Waals surface area contributed by atoms with Crippen molar-refractivity contribution in [3.8, 4) is 0 Å². The Morgan fingerprint density at radius 2 is 2.44 bits per heavy atom. The normalized spacial score (nSPS) is 9.88. The van der Waals surface area contributed by atoms with Crippen molar-refractivity contribution >= 4 is 18.7 Å². The molecule has 0 bridgehead atoms. The van der Waals surface area contributed by atoms with E-state index in [1.54, 1.807) is 12.3 Å². The molecule has 0 atom stereocenters. The monoisotopic (exact) mass is 240 g/mol. The van der Waals surface area contributed by atoms with Gasteiger partial charge >= 0.3 is 6.09 Å². The van der Waals surface area contributed by atoms with Gasteiger partial charge in [0.1, 0.15) is 0 Å². The Balaban J connectivity index is 2.29. The van der Waals surface area contributed by atoms with Gasteiger partial charge in [0.25, 0.3) is 0 Å². The smallest absolute Gasteiger partial charge is 0.407 e. The summed E-state index contributed by atoms with van der Waals surface area (Å²) in [7, 11) is 0. The molecule has 0 unspecified atom stereocenters. The number of thiol groups is 1. The van der Waals surface area contributed by atoms with Crippen molar-refractivity contribution in [2.75, 3.05) is 6.61 Å². The van der Waals surface area contributed by atoms with Gasteiger partial charge in [0.05, 0.1) is 18.8 Å². The number of alkyl carbamates (subject to hydrolysis) is 1. The molecule has 1 heterocycles. The first-order valence-corrected chi connectivity index (χ1v) is 5.72. The number of hydrogen-bond donors (Lipinski definition) is 2. The van der Waals surface area contributed by atoms with E-state index in [-0.39, 0.29) is 0 Å². The maximum Gasteiger partial charge on any atom is 0.407 e. The third-order valence-corrected chi connectivity index (χ3v) is 2.40. The molecular weight excluding hydrogens is 224 g/mol. The van der Waals surface area contributed by atoms with Gasteiger partial charge < -0.3 is 10.1 Å². The van der Waals surface area contributed by atoms with Crippen molar-refractivity contribution in [2.24, 2.45) is 0 Å². The summed E-state index contributed by atoms with van der Waals surface area (Å²) in [6, 6.07) is 3.63. The number of rotatable bonds is 5. The highest BCUT2D eigenvalue weighted by Crippen LogP contribution is 2.09. The number of aromatic nitrogens is 1. The summed E-state index contributed by atoms with van der Waals surface area (Å²) in [6.07, 6.45) is 3.15. The minimum absolute atomic E-state index is 0.338. The number of carbonyl (C=O) groups is 1. The average Bonchev–Trinajstić information content (AvgIpc) is 2.28. The molecule has 0 spiro atoms. The predicted octanol–water partition coefficient (Wildman–Crippen LogP) is 2.40. The summed E-state index contributed by atoms with van der Waals surface area (Å²) in [5, 5.41) is 2.63. The molecule has 88 valence electrons. The van der Waals surface area contributed by atoms with Crippen LogP contribution < -0.4 is 5.32 Å². The average molecular weight is 240 g/mol. The van der Waals surface area contributed by atoms with E-state index in [9.17, 15) is 4.79 Å². The van der Waals surface area contributed by atoms with Crippen LogP contribution in [0.3, 0.4) is 0 Å². The summed E-state index contributed by atoms with van der Waals surface area (Å²) in [5.41, 5.74) is 0.735. The third kappa shape index (κ3) is 4.53. The highest BCUT2D eigenvalue weighted by molar-refractivity contribution is 7.80. The van der Waals surface area contributed by atoms with E-state index < -0.39 is 6.09 Å². The van der Waals surface area contributed by atoms with Gasteiger partial charge in [-0.05, 0) is 18.6 Å². The van der Waals surface area contributed by atoms with Gasteiger partial charge in [0, 0.05) is 11.1 Å². The van der Waals surface area contributed by atoms with Gasteiger partial charge in [0.15, 0.2) is 0 Å². The number of ether oxygens (including phenoxy) is 1. The van der Waals surface area contributed by atoms with Crippen molar-refractivity contribution in [2.45, 2.75) is 31.2 Å². The van der Waals surface area contributed by atoms with Crippen LogP contribution in [-0.2, 0) is 11.3 Å². The largest absolute Gasteiger partial charge is 0.450 e. The van der Waals surface area contributed by atoms with Gasteiger partial charge in [-0.15, -0.1) is 12.6 Å². The number of nitrogens with one attached hydrogen (secondary N) is 1. The van der Waals surface area contributed by atoms with Crippen LogP contribution in [0.25, 0.3) is 0 Å². The maximum atomic E-state index is 11.2. The Labute approximate surface area is 101 Å². The highest BCUT2D eigenvalue weighted by atomic mass is 32.1. The maximum absolute atomic E-state index is 11.2. The fraction of sp³-hybridized carbons (Fsp3) is 0.455. The molecule has 0 radical (unpaired) electrons. The predicted molar refractivity (Wildman–Crippen MR) is 64.6 cm³/mol. The first-order chi connectivity index (χ1) is 7.74. The van der Waals surface area contributed by atoms with Gasteiger partial charge in [-0.25, -0.2) is 4.79 Å². The number of hydrogen-bond acceptors (Lipinski definition) is 4. The highest BCUT2D eigenvalue weighted by Gasteiger charge is 2.04. The fourth-order valence-electron chi connectivity index (χ4n) is 1.08. The van der Waals surface area contributed by atoms with Crippen LogP contribution in [-0.4, -0.2) is 17.7 Å². The molecule has 1 N–H and O–H groups in total. The summed E-state index contributed by atoms with van der Waals surface area (Å²) in [5.74, 6) is 0. The Morgan fingerprint density at radius 1 is 1.62 bits per heavy atom. The quantitative estimate of drug-likeness (QED) is 0.614. The fourth-order valence-corrected chi connectivity index (χ4v) is 1.30. The second kappa shape index (κ2) is 7.11. The molecule has 0 aliphatic heterocycles. The number of nitrogens with zero attached hydrogens (tertiary/aromatic N) is 1. The van der Waals surface area contributed by atoms with Gasteiger partial charge in [0.2, 0.25) is 0 Å². The zero-order chi connectivity index (χ0) is 11.8. The van der Waals surface area contributed by atoms with Crippen LogP contribution in [0.4, 0.5) is 4.79 Å². The van der Waals surface area contributed by atoms with Crippen LogP contribution in [0.15, 0.2) is 23.2 Å². The number of pyridine rings is 1. The minimum Gasteiger partial charge on any atom is -0.450 e. The Morgan fingerprint density at radius 3 is 3.12 bits per heavy atom. The van der Waals surface area contributed by atoms with E-state index in [0.717, 1.165) is 23.4 Å². The number of carbonyl (C=O) groups excluding carboxylic acids is 1. The lowest BCUT2D eigenvalue weighted by atomic mass is 10.3. The molecule has 1 aromatic rings. The van der Waals surface area contributed by atoms with Crippen molar-refractivity contribution in [3.63, 3.8) is 0 Å². The van der Waals surface area contributed by atoms with Crippen LogP contribution >= 0.6 is 12.6 Å². The lowest BCUT2D eigenvalue weighted by molar-refractivity contribution is 0.144. The van der Waals surface area contributed by atoms with E-state index in [4.69, 9.17) is 4.74 Å². The molecule has 0 aromatic carbocycles. The molecule has 0 aliphatic rings. The minimum atomic E-state index is -0.410. The van der Waals surface area contributed by atoms with E-state index >= 15 is 0 Å². The van der Waals surface area contributed by atoms with Crippen LogP contribution in [0.5, 0.6) is 0 Å². The summed E-state index contributed by atoms with van der Waals surface area (Å²) in [4.78, 5) is 16.1. The van der Waals surface area contributed by atoms with Crippen LogP contribution in [0.2, 0.25) is 0 Å². The Kier molecular flexibility index (Phi) is 5.71. The molecule has 0 saturated heterocycles. The van der Waals surface area contributed by atoms with Gasteiger partial charge in [-0.3, -0.25) is 4.98 Å². The van der Waals surface area contributed by atoms with Crippen molar-refractivity contribution in [1.29, 1.82) is 0 Å². The zero-order valence-corrected chi connectivity index (χ0v) is 10.2. The van der Waals surface area contributed by atoms with Gasteiger partial charge in [-0.2, -0.15) is 0 Å². The first kappa shape index (κ1) is 12.8. The number of amides is 1. The zero-order valence-electron chi connectivity index (χ0n) is 9.27. The van der Waals surface area contributed by atoms with E-state index in [1.165, 1.54) is 0 Å². The van der Waals surface area contributed by atoms with Crippen molar-refractivity contribution in [3.05, 3.63) is 24.0 Å². The second-order valence-corrected chi connectivity index (χ2v) is 3.79. The summed E-state index contributed by atoms with van der Waals surface area (Å²) in [6.45, 7) is 2.84. The molecule has 1 rings (SSSR count).